The minimum Gasteiger partial charge on any atom is -0.396 e. The fraction of sp³-hybridized carbons (Fsp3) is 0.500. The maximum atomic E-state index is 12.2. The lowest BCUT2D eigenvalue weighted by molar-refractivity contribution is -0.384. The second-order valence-corrected chi connectivity index (χ2v) is 4.86. The van der Waals surface area contributed by atoms with Crippen LogP contribution in [0.2, 0.25) is 0 Å². The van der Waals surface area contributed by atoms with Crippen LogP contribution in [-0.4, -0.2) is 40.0 Å². The van der Waals surface area contributed by atoms with Crippen molar-refractivity contribution < 1.29 is 14.8 Å². The van der Waals surface area contributed by atoms with Crippen molar-refractivity contribution in [3.63, 3.8) is 0 Å². The summed E-state index contributed by atoms with van der Waals surface area (Å²) in [5.74, 6) is -0.0395. The van der Waals surface area contributed by atoms with Gasteiger partial charge in [-0.15, -0.1) is 0 Å². The van der Waals surface area contributed by atoms with E-state index in [1.165, 1.54) is 12.1 Å². The Labute approximate surface area is 118 Å². The van der Waals surface area contributed by atoms with Crippen molar-refractivity contribution in [2.45, 2.75) is 32.7 Å². The van der Waals surface area contributed by atoms with Crippen LogP contribution in [0.25, 0.3) is 0 Å². The maximum absolute atomic E-state index is 12.2. The molecule has 0 saturated heterocycles. The van der Waals surface area contributed by atoms with Crippen molar-refractivity contribution in [1.82, 2.24) is 4.90 Å². The fourth-order valence-corrected chi connectivity index (χ4v) is 1.92. The predicted octanol–water partition coefficient (Wildman–Crippen LogP) is 1.76. The molecule has 20 heavy (non-hydrogen) atoms. The van der Waals surface area contributed by atoms with Crippen molar-refractivity contribution >= 4 is 11.6 Å². The number of amides is 1. The molecule has 6 heteroatoms. The van der Waals surface area contributed by atoms with Gasteiger partial charge in [0, 0.05) is 31.3 Å². The van der Waals surface area contributed by atoms with Gasteiger partial charge in [0.2, 0.25) is 5.91 Å². The van der Waals surface area contributed by atoms with Gasteiger partial charge >= 0.3 is 0 Å². The SMILES string of the molecule is CC(C)N(CCCO)C(=O)Cc1ccc([N+](=O)[O-])cc1. The summed E-state index contributed by atoms with van der Waals surface area (Å²) in [6.45, 7) is 4.41. The second-order valence-electron chi connectivity index (χ2n) is 4.86. The van der Waals surface area contributed by atoms with Crippen LogP contribution in [0.4, 0.5) is 5.69 Å². The fourth-order valence-electron chi connectivity index (χ4n) is 1.92. The molecular weight excluding hydrogens is 260 g/mol. The molecule has 0 aliphatic carbocycles. The molecule has 0 bridgehead atoms. The first-order valence-electron chi connectivity index (χ1n) is 6.59. The first kappa shape index (κ1) is 16.1. The summed E-state index contributed by atoms with van der Waals surface area (Å²) in [5, 5.41) is 19.4. The largest absolute Gasteiger partial charge is 0.396 e. The van der Waals surface area contributed by atoms with Gasteiger partial charge < -0.3 is 10.0 Å². The third kappa shape index (κ3) is 4.62. The minimum atomic E-state index is -0.465. The van der Waals surface area contributed by atoms with Gasteiger partial charge in [0.1, 0.15) is 0 Å². The molecular formula is C14H20N2O4. The molecule has 6 nitrogen and oxygen atoms in total. The number of nitro groups is 1. The highest BCUT2D eigenvalue weighted by Crippen LogP contribution is 2.13. The zero-order valence-electron chi connectivity index (χ0n) is 11.8. The molecule has 0 spiro atoms. The summed E-state index contributed by atoms with van der Waals surface area (Å²) in [6.07, 6.45) is 0.756. The first-order valence-corrected chi connectivity index (χ1v) is 6.59. The van der Waals surface area contributed by atoms with E-state index in [1.807, 2.05) is 13.8 Å². The Morgan fingerprint density at radius 1 is 1.35 bits per heavy atom. The molecule has 110 valence electrons. The number of aliphatic hydroxyl groups excluding tert-OH is 1. The number of rotatable bonds is 7. The van der Waals surface area contributed by atoms with Crippen molar-refractivity contribution in [2.24, 2.45) is 0 Å². The van der Waals surface area contributed by atoms with Crippen LogP contribution >= 0.6 is 0 Å². The van der Waals surface area contributed by atoms with Crippen LogP contribution in [0, 0.1) is 10.1 Å². The Balaban J connectivity index is 2.69. The summed E-state index contributed by atoms with van der Waals surface area (Å²) >= 11 is 0. The summed E-state index contributed by atoms with van der Waals surface area (Å²) in [7, 11) is 0. The van der Waals surface area contributed by atoms with Gasteiger partial charge in [0.05, 0.1) is 11.3 Å². The van der Waals surface area contributed by atoms with E-state index >= 15 is 0 Å². The molecule has 0 unspecified atom stereocenters. The summed E-state index contributed by atoms with van der Waals surface area (Å²) in [4.78, 5) is 24.0. The Bertz CT molecular complexity index is 457. The van der Waals surface area contributed by atoms with Crippen LogP contribution in [-0.2, 0) is 11.2 Å². The highest BCUT2D eigenvalue weighted by Gasteiger charge is 2.17. The first-order chi connectivity index (χ1) is 9.45. The lowest BCUT2D eigenvalue weighted by Crippen LogP contribution is -2.39. The average Bonchev–Trinajstić information content (AvgIpc) is 2.39. The number of benzene rings is 1. The molecule has 0 heterocycles. The van der Waals surface area contributed by atoms with E-state index in [0.717, 1.165) is 5.56 Å². The normalized spacial score (nSPS) is 10.6. The summed E-state index contributed by atoms with van der Waals surface area (Å²) < 4.78 is 0. The van der Waals surface area contributed by atoms with E-state index in [9.17, 15) is 14.9 Å². The predicted molar refractivity (Wildman–Crippen MR) is 75.4 cm³/mol. The van der Waals surface area contributed by atoms with Crippen molar-refractivity contribution in [1.29, 1.82) is 0 Å². The quantitative estimate of drug-likeness (QED) is 0.609. The van der Waals surface area contributed by atoms with Crippen LogP contribution in [0.15, 0.2) is 24.3 Å². The van der Waals surface area contributed by atoms with Gasteiger partial charge in [0.25, 0.3) is 5.69 Å². The Morgan fingerprint density at radius 3 is 2.40 bits per heavy atom. The highest BCUT2D eigenvalue weighted by molar-refractivity contribution is 5.79. The average molecular weight is 280 g/mol. The molecule has 0 radical (unpaired) electrons. The zero-order valence-corrected chi connectivity index (χ0v) is 11.8. The molecule has 1 aromatic carbocycles. The minimum absolute atomic E-state index is 0.0159. The smallest absolute Gasteiger partial charge is 0.269 e. The number of non-ortho nitro benzene ring substituents is 1. The van der Waals surface area contributed by atoms with Gasteiger partial charge in [-0.1, -0.05) is 12.1 Å². The lowest BCUT2D eigenvalue weighted by atomic mass is 10.1. The Kier molecular flexibility index (Phi) is 6.11. The van der Waals surface area contributed by atoms with Gasteiger partial charge in [-0.3, -0.25) is 14.9 Å². The van der Waals surface area contributed by atoms with Crippen molar-refractivity contribution in [2.75, 3.05) is 13.2 Å². The number of aliphatic hydroxyl groups is 1. The van der Waals surface area contributed by atoms with E-state index in [4.69, 9.17) is 5.11 Å². The topological polar surface area (TPSA) is 83.7 Å². The van der Waals surface area contributed by atoms with E-state index in [2.05, 4.69) is 0 Å². The zero-order chi connectivity index (χ0) is 15.1. The third-order valence-electron chi connectivity index (χ3n) is 3.00. The summed E-state index contributed by atoms with van der Waals surface area (Å²) in [6, 6.07) is 6.06. The summed E-state index contributed by atoms with van der Waals surface area (Å²) in [5.41, 5.74) is 0.762. The van der Waals surface area contributed by atoms with Crippen LogP contribution < -0.4 is 0 Å². The van der Waals surface area contributed by atoms with Crippen LogP contribution in [0.3, 0.4) is 0 Å². The molecule has 1 amide bonds. The molecule has 0 saturated carbocycles. The monoisotopic (exact) mass is 280 g/mol. The molecule has 0 fully saturated rings. The van der Waals surface area contributed by atoms with Gasteiger partial charge in [-0.2, -0.15) is 0 Å². The Morgan fingerprint density at radius 2 is 1.95 bits per heavy atom. The van der Waals surface area contributed by atoms with Crippen molar-refractivity contribution in [3.8, 4) is 0 Å². The maximum Gasteiger partial charge on any atom is 0.269 e. The van der Waals surface area contributed by atoms with E-state index in [-0.39, 0.29) is 30.7 Å². The van der Waals surface area contributed by atoms with Gasteiger partial charge in [-0.05, 0) is 25.8 Å². The van der Waals surface area contributed by atoms with Gasteiger partial charge in [-0.25, -0.2) is 0 Å². The standard InChI is InChI=1S/C14H20N2O4/c1-11(2)15(8-3-9-17)14(18)10-12-4-6-13(7-5-12)16(19)20/h4-7,11,17H,3,8-10H2,1-2H3. The van der Waals surface area contributed by atoms with E-state index in [0.29, 0.717) is 13.0 Å². The molecule has 0 aromatic heterocycles. The molecule has 0 aliphatic rings. The van der Waals surface area contributed by atoms with Crippen LogP contribution in [0.1, 0.15) is 25.8 Å². The molecule has 1 N–H and O–H groups in total. The second kappa shape index (κ2) is 7.59. The number of carbonyl (C=O) groups excluding carboxylic acids is 1. The number of carbonyl (C=O) groups is 1. The molecule has 0 aliphatic heterocycles. The van der Waals surface area contributed by atoms with E-state index < -0.39 is 4.92 Å². The molecule has 0 atom stereocenters. The molecule has 1 aromatic rings. The van der Waals surface area contributed by atoms with Crippen molar-refractivity contribution in [3.05, 3.63) is 39.9 Å². The highest BCUT2D eigenvalue weighted by atomic mass is 16.6. The van der Waals surface area contributed by atoms with Gasteiger partial charge in [0.15, 0.2) is 0 Å². The van der Waals surface area contributed by atoms with E-state index in [1.54, 1.807) is 17.0 Å². The Hall–Kier alpha value is -1.95. The number of nitrogens with zero attached hydrogens (tertiary/aromatic N) is 2. The lowest BCUT2D eigenvalue weighted by Gasteiger charge is -2.26. The third-order valence-corrected chi connectivity index (χ3v) is 3.00. The number of hydrogen-bond donors (Lipinski definition) is 1. The van der Waals surface area contributed by atoms with Crippen LogP contribution in [0.5, 0.6) is 0 Å². The number of hydrogen-bond acceptors (Lipinski definition) is 4. The molecule has 1 rings (SSSR count). The number of nitro benzene ring substituents is 1.